The van der Waals surface area contributed by atoms with Crippen LogP contribution >= 0.6 is 11.6 Å². The molecule has 1 aromatic carbocycles. The smallest absolute Gasteiger partial charge is 0.122 e. The van der Waals surface area contributed by atoms with Gasteiger partial charge in [0.2, 0.25) is 0 Å². The Kier molecular flexibility index (Phi) is 4.77. The van der Waals surface area contributed by atoms with Crippen LogP contribution in [0.1, 0.15) is 18.9 Å². The molecule has 0 aliphatic rings. The molecular formula is C11H15ClO2. The summed E-state index contributed by atoms with van der Waals surface area (Å²) < 4.78 is 5.45. The first kappa shape index (κ1) is 11.3. The molecule has 78 valence electrons. The molecule has 0 atom stereocenters. The molecule has 0 aliphatic carbocycles. The van der Waals surface area contributed by atoms with Crippen molar-refractivity contribution < 1.29 is 9.84 Å². The molecule has 0 aliphatic heterocycles. The molecule has 1 rings (SSSR count). The molecule has 0 aromatic heterocycles. The summed E-state index contributed by atoms with van der Waals surface area (Å²) in [4.78, 5) is 0. The minimum atomic E-state index is 0.193. The van der Waals surface area contributed by atoms with Crippen molar-refractivity contribution in [2.45, 2.75) is 19.8 Å². The minimum absolute atomic E-state index is 0.193. The van der Waals surface area contributed by atoms with Crippen LogP contribution in [0.2, 0.25) is 5.02 Å². The maximum absolute atomic E-state index is 8.74. The summed E-state index contributed by atoms with van der Waals surface area (Å²) in [5.41, 5.74) is 1.06. The van der Waals surface area contributed by atoms with Gasteiger partial charge in [0.15, 0.2) is 0 Å². The van der Waals surface area contributed by atoms with Gasteiger partial charge in [-0.1, -0.05) is 11.6 Å². The third kappa shape index (κ3) is 3.20. The molecule has 0 unspecified atom stereocenters. The molecule has 2 nitrogen and oxygen atoms in total. The SMILES string of the molecule is CCOc1ccc(Cl)cc1CCCO. The lowest BCUT2D eigenvalue weighted by Crippen LogP contribution is -1.98. The van der Waals surface area contributed by atoms with Gasteiger partial charge in [0.05, 0.1) is 6.61 Å². The third-order valence-electron chi connectivity index (χ3n) is 1.93. The highest BCUT2D eigenvalue weighted by atomic mass is 35.5. The number of hydrogen-bond acceptors (Lipinski definition) is 2. The number of halogens is 1. The van der Waals surface area contributed by atoms with Crippen molar-refractivity contribution in [3.63, 3.8) is 0 Å². The number of aliphatic hydroxyl groups excluding tert-OH is 1. The number of rotatable bonds is 5. The molecule has 3 heteroatoms. The second-order valence-electron chi connectivity index (χ2n) is 3.01. The van der Waals surface area contributed by atoms with Crippen LogP contribution in [-0.2, 0) is 6.42 Å². The molecule has 14 heavy (non-hydrogen) atoms. The number of aryl methyl sites for hydroxylation is 1. The minimum Gasteiger partial charge on any atom is -0.494 e. The van der Waals surface area contributed by atoms with Gasteiger partial charge in [0, 0.05) is 11.6 Å². The molecule has 0 fully saturated rings. The van der Waals surface area contributed by atoms with Gasteiger partial charge in [-0.25, -0.2) is 0 Å². The Bertz CT molecular complexity index is 287. The molecule has 0 heterocycles. The van der Waals surface area contributed by atoms with Crippen LogP contribution in [0.4, 0.5) is 0 Å². The summed E-state index contributed by atoms with van der Waals surface area (Å²) in [5, 5.41) is 9.45. The van der Waals surface area contributed by atoms with Gasteiger partial charge >= 0.3 is 0 Å². The first-order valence-electron chi connectivity index (χ1n) is 4.80. The fraction of sp³-hybridized carbons (Fsp3) is 0.455. The zero-order valence-corrected chi connectivity index (χ0v) is 9.05. The standard InChI is InChI=1S/C11H15ClO2/c1-2-14-11-6-5-10(12)8-9(11)4-3-7-13/h5-6,8,13H,2-4,7H2,1H3. The van der Waals surface area contributed by atoms with E-state index in [0.29, 0.717) is 11.6 Å². The lowest BCUT2D eigenvalue weighted by Gasteiger charge is -2.09. The van der Waals surface area contributed by atoms with E-state index in [1.807, 2.05) is 25.1 Å². The van der Waals surface area contributed by atoms with Crippen LogP contribution in [0.25, 0.3) is 0 Å². The van der Waals surface area contributed by atoms with Crippen molar-refractivity contribution in [3.05, 3.63) is 28.8 Å². The molecule has 0 radical (unpaired) electrons. The van der Waals surface area contributed by atoms with Gasteiger partial charge in [-0.3, -0.25) is 0 Å². The van der Waals surface area contributed by atoms with E-state index < -0.39 is 0 Å². The summed E-state index contributed by atoms with van der Waals surface area (Å²) in [5.74, 6) is 0.866. The fourth-order valence-corrected chi connectivity index (χ4v) is 1.50. The maximum atomic E-state index is 8.74. The summed E-state index contributed by atoms with van der Waals surface area (Å²) in [6.45, 7) is 2.79. The van der Waals surface area contributed by atoms with Gasteiger partial charge in [-0.05, 0) is 43.5 Å². The Hall–Kier alpha value is -0.730. The van der Waals surface area contributed by atoms with Gasteiger partial charge in [0.1, 0.15) is 5.75 Å². The first-order valence-corrected chi connectivity index (χ1v) is 5.17. The number of ether oxygens (including phenoxy) is 1. The summed E-state index contributed by atoms with van der Waals surface area (Å²) in [7, 11) is 0. The third-order valence-corrected chi connectivity index (χ3v) is 2.16. The van der Waals surface area contributed by atoms with E-state index >= 15 is 0 Å². The van der Waals surface area contributed by atoms with E-state index in [1.165, 1.54) is 0 Å². The zero-order chi connectivity index (χ0) is 10.4. The second-order valence-corrected chi connectivity index (χ2v) is 3.45. The van der Waals surface area contributed by atoms with Gasteiger partial charge in [0.25, 0.3) is 0 Å². The van der Waals surface area contributed by atoms with Crippen molar-refractivity contribution in [1.29, 1.82) is 0 Å². The Morgan fingerprint density at radius 2 is 2.21 bits per heavy atom. The van der Waals surface area contributed by atoms with Crippen molar-refractivity contribution in [2.24, 2.45) is 0 Å². The Morgan fingerprint density at radius 1 is 1.43 bits per heavy atom. The van der Waals surface area contributed by atoms with E-state index in [2.05, 4.69) is 0 Å². The first-order chi connectivity index (χ1) is 6.77. The topological polar surface area (TPSA) is 29.5 Å². The summed E-state index contributed by atoms with van der Waals surface area (Å²) in [6.07, 6.45) is 1.53. The van der Waals surface area contributed by atoms with Crippen LogP contribution in [0.5, 0.6) is 5.75 Å². The van der Waals surface area contributed by atoms with Crippen LogP contribution < -0.4 is 4.74 Å². The van der Waals surface area contributed by atoms with Crippen molar-refractivity contribution in [1.82, 2.24) is 0 Å². The van der Waals surface area contributed by atoms with Crippen molar-refractivity contribution >= 4 is 11.6 Å². The molecular weight excluding hydrogens is 200 g/mol. The van der Waals surface area contributed by atoms with E-state index in [0.717, 1.165) is 24.2 Å². The molecule has 0 amide bonds. The van der Waals surface area contributed by atoms with Crippen LogP contribution in [0.3, 0.4) is 0 Å². The molecule has 0 bridgehead atoms. The van der Waals surface area contributed by atoms with Crippen molar-refractivity contribution in [2.75, 3.05) is 13.2 Å². The summed E-state index contributed by atoms with van der Waals surface area (Å²) >= 11 is 5.88. The Morgan fingerprint density at radius 3 is 2.86 bits per heavy atom. The van der Waals surface area contributed by atoms with Crippen LogP contribution in [0, 0.1) is 0 Å². The lowest BCUT2D eigenvalue weighted by atomic mass is 10.1. The largest absolute Gasteiger partial charge is 0.494 e. The fourth-order valence-electron chi connectivity index (χ4n) is 1.31. The van der Waals surface area contributed by atoms with Gasteiger partial charge in [-0.2, -0.15) is 0 Å². The predicted octanol–water partition coefficient (Wildman–Crippen LogP) is 2.66. The maximum Gasteiger partial charge on any atom is 0.122 e. The molecule has 1 aromatic rings. The average molecular weight is 215 g/mol. The molecule has 0 saturated carbocycles. The molecule has 0 spiro atoms. The second kappa shape index (κ2) is 5.89. The number of hydrogen-bond donors (Lipinski definition) is 1. The highest BCUT2D eigenvalue weighted by Gasteiger charge is 2.03. The normalized spacial score (nSPS) is 10.2. The van der Waals surface area contributed by atoms with Crippen LogP contribution in [0.15, 0.2) is 18.2 Å². The van der Waals surface area contributed by atoms with Gasteiger partial charge in [-0.15, -0.1) is 0 Å². The molecule has 1 N–H and O–H groups in total. The highest BCUT2D eigenvalue weighted by molar-refractivity contribution is 6.30. The van der Waals surface area contributed by atoms with E-state index in [-0.39, 0.29) is 6.61 Å². The van der Waals surface area contributed by atoms with E-state index in [9.17, 15) is 0 Å². The average Bonchev–Trinajstić information content (AvgIpc) is 2.18. The van der Waals surface area contributed by atoms with Gasteiger partial charge < -0.3 is 9.84 Å². The number of aliphatic hydroxyl groups is 1. The summed E-state index contributed by atoms with van der Waals surface area (Å²) in [6, 6.07) is 5.58. The molecule has 0 saturated heterocycles. The Balaban J connectivity index is 2.79. The van der Waals surface area contributed by atoms with Crippen molar-refractivity contribution in [3.8, 4) is 5.75 Å². The lowest BCUT2D eigenvalue weighted by molar-refractivity contribution is 0.286. The zero-order valence-electron chi connectivity index (χ0n) is 8.29. The highest BCUT2D eigenvalue weighted by Crippen LogP contribution is 2.24. The quantitative estimate of drug-likeness (QED) is 0.817. The van der Waals surface area contributed by atoms with E-state index in [4.69, 9.17) is 21.4 Å². The predicted molar refractivity (Wildman–Crippen MR) is 58.0 cm³/mol. The van der Waals surface area contributed by atoms with E-state index in [1.54, 1.807) is 0 Å². The monoisotopic (exact) mass is 214 g/mol. The Labute approximate surface area is 89.5 Å². The number of benzene rings is 1. The van der Waals surface area contributed by atoms with Crippen LogP contribution in [-0.4, -0.2) is 18.3 Å².